The van der Waals surface area contributed by atoms with Gasteiger partial charge in [-0.05, 0) is 36.4 Å². The molecule has 126 valence electrons. The maximum absolute atomic E-state index is 13.9. The van der Waals surface area contributed by atoms with Gasteiger partial charge in [0.25, 0.3) is 0 Å². The van der Waals surface area contributed by atoms with Crippen LogP contribution in [0.3, 0.4) is 0 Å². The number of halogens is 1. The second-order valence-corrected chi connectivity index (χ2v) is 5.83. The predicted molar refractivity (Wildman–Crippen MR) is 98.3 cm³/mol. The molecule has 0 aliphatic heterocycles. The summed E-state index contributed by atoms with van der Waals surface area (Å²) in [5.41, 5.74) is 2.51. The average Bonchev–Trinajstić information content (AvgIpc) is 3.25. The number of hydrogen-bond acceptors (Lipinski definition) is 3. The quantitative estimate of drug-likeness (QED) is 0.490. The molecule has 0 N–H and O–H groups in total. The maximum Gasteiger partial charge on any atom is 0.151 e. The number of benzene rings is 2. The molecule has 0 aliphatic carbocycles. The Kier molecular flexibility index (Phi) is 3.86. The van der Waals surface area contributed by atoms with Crippen LogP contribution in [0, 0.1) is 17.1 Å². The number of aryl methyl sites for hydroxylation is 1. The Bertz CT molecular complexity index is 1180. The van der Waals surface area contributed by atoms with E-state index in [-0.39, 0.29) is 5.82 Å². The van der Waals surface area contributed by atoms with E-state index < -0.39 is 0 Å². The van der Waals surface area contributed by atoms with Crippen LogP contribution in [0.15, 0.2) is 65.1 Å². The Labute approximate surface area is 149 Å². The number of nitrogens with zero attached hydrogens (tertiary/aromatic N) is 3. The van der Waals surface area contributed by atoms with Crippen molar-refractivity contribution in [2.24, 2.45) is 7.05 Å². The molecule has 0 fully saturated rings. The number of furan rings is 1. The number of imidazole rings is 1. The lowest BCUT2D eigenvalue weighted by Gasteiger charge is -2.00. The van der Waals surface area contributed by atoms with Crippen molar-refractivity contribution in [1.82, 2.24) is 9.55 Å². The van der Waals surface area contributed by atoms with E-state index in [1.807, 2.05) is 35.9 Å². The van der Waals surface area contributed by atoms with E-state index in [0.29, 0.717) is 28.5 Å². The third kappa shape index (κ3) is 2.68. The summed E-state index contributed by atoms with van der Waals surface area (Å²) in [6.45, 7) is 0. The van der Waals surface area contributed by atoms with Crippen LogP contribution in [0.4, 0.5) is 4.39 Å². The topological polar surface area (TPSA) is 54.8 Å². The summed E-state index contributed by atoms with van der Waals surface area (Å²) >= 11 is 0. The van der Waals surface area contributed by atoms with Crippen molar-refractivity contribution in [2.45, 2.75) is 0 Å². The Balaban J connectivity index is 1.76. The summed E-state index contributed by atoms with van der Waals surface area (Å²) in [6, 6.07) is 19.7. The lowest BCUT2D eigenvalue weighted by atomic mass is 10.1. The highest BCUT2D eigenvalue weighted by atomic mass is 19.1. The molecule has 4 rings (SSSR count). The molecular formula is C21H14FN3O. The Morgan fingerprint density at radius 3 is 2.65 bits per heavy atom. The fourth-order valence-corrected chi connectivity index (χ4v) is 2.91. The molecule has 0 spiro atoms. The molecule has 0 saturated heterocycles. The van der Waals surface area contributed by atoms with Crippen LogP contribution >= 0.6 is 0 Å². The van der Waals surface area contributed by atoms with Gasteiger partial charge in [-0.2, -0.15) is 5.26 Å². The second-order valence-electron chi connectivity index (χ2n) is 5.83. The van der Waals surface area contributed by atoms with Crippen LogP contribution in [-0.2, 0) is 7.05 Å². The smallest absolute Gasteiger partial charge is 0.151 e. The number of rotatable bonds is 3. The molecule has 0 atom stereocenters. The first-order valence-corrected chi connectivity index (χ1v) is 8.06. The first-order chi connectivity index (χ1) is 12.7. The molecule has 2 aromatic carbocycles. The van der Waals surface area contributed by atoms with Crippen molar-refractivity contribution in [1.29, 1.82) is 5.26 Å². The van der Waals surface area contributed by atoms with Crippen molar-refractivity contribution in [3.05, 3.63) is 78.1 Å². The van der Waals surface area contributed by atoms with Crippen molar-refractivity contribution in [3.8, 4) is 17.4 Å². The Morgan fingerprint density at radius 1 is 1.12 bits per heavy atom. The standard InChI is InChI=1S/C21H14FN3O/c1-25-19-9-5-4-8-18(19)24-21(25)14(13-23)12-15-10-11-20(26-15)16-6-2-3-7-17(16)22/h2-12H,1H3/b14-12+. The SMILES string of the molecule is Cn1c(/C(C#N)=C/c2ccc(-c3ccccc3F)o2)nc2ccccc21. The summed E-state index contributed by atoms with van der Waals surface area (Å²) in [7, 11) is 1.86. The van der Waals surface area contributed by atoms with E-state index in [4.69, 9.17) is 4.42 Å². The van der Waals surface area contributed by atoms with Crippen LogP contribution in [-0.4, -0.2) is 9.55 Å². The molecule has 0 aliphatic rings. The van der Waals surface area contributed by atoms with Gasteiger partial charge in [0.2, 0.25) is 0 Å². The summed E-state index contributed by atoms with van der Waals surface area (Å²) in [5, 5.41) is 9.59. The zero-order valence-electron chi connectivity index (χ0n) is 14.0. The first-order valence-electron chi connectivity index (χ1n) is 8.06. The molecule has 4 nitrogen and oxygen atoms in total. The van der Waals surface area contributed by atoms with Gasteiger partial charge in [0.05, 0.1) is 22.2 Å². The van der Waals surface area contributed by atoms with Gasteiger partial charge in [0.1, 0.15) is 23.4 Å². The van der Waals surface area contributed by atoms with Crippen LogP contribution in [0.2, 0.25) is 0 Å². The highest BCUT2D eigenvalue weighted by Gasteiger charge is 2.13. The van der Waals surface area contributed by atoms with Crippen molar-refractivity contribution in [2.75, 3.05) is 0 Å². The molecule has 0 saturated carbocycles. The first kappa shape index (κ1) is 15.9. The van der Waals surface area contributed by atoms with Crippen molar-refractivity contribution in [3.63, 3.8) is 0 Å². The largest absolute Gasteiger partial charge is 0.457 e. The van der Waals surface area contributed by atoms with Gasteiger partial charge in [0.15, 0.2) is 5.82 Å². The summed E-state index contributed by atoms with van der Waals surface area (Å²) < 4.78 is 21.5. The van der Waals surface area contributed by atoms with Gasteiger partial charge in [-0.15, -0.1) is 0 Å². The fourth-order valence-electron chi connectivity index (χ4n) is 2.91. The van der Waals surface area contributed by atoms with E-state index in [1.165, 1.54) is 6.07 Å². The molecule has 4 aromatic rings. The average molecular weight is 343 g/mol. The Morgan fingerprint density at radius 2 is 1.88 bits per heavy atom. The minimum absolute atomic E-state index is 0.353. The minimum atomic E-state index is -0.353. The van der Waals surface area contributed by atoms with E-state index >= 15 is 0 Å². The molecule has 26 heavy (non-hydrogen) atoms. The molecule has 0 amide bonds. The highest BCUT2D eigenvalue weighted by molar-refractivity contribution is 5.90. The van der Waals surface area contributed by atoms with Gasteiger partial charge in [-0.3, -0.25) is 0 Å². The third-order valence-electron chi connectivity index (χ3n) is 4.20. The Hall–Kier alpha value is -3.65. The van der Waals surface area contributed by atoms with Crippen molar-refractivity contribution < 1.29 is 8.81 Å². The van der Waals surface area contributed by atoms with Crippen LogP contribution < -0.4 is 0 Å². The summed E-state index contributed by atoms with van der Waals surface area (Å²) in [6.07, 6.45) is 1.62. The predicted octanol–water partition coefficient (Wildman–Crippen LogP) is 5.04. The summed E-state index contributed by atoms with van der Waals surface area (Å²) in [5.74, 6) is 1.08. The highest BCUT2D eigenvalue weighted by Crippen LogP contribution is 2.27. The number of fused-ring (bicyclic) bond motifs is 1. The van der Waals surface area contributed by atoms with Gasteiger partial charge >= 0.3 is 0 Å². The number of allylic oxidation sites excluding steroid dienone is 1. The molecule has 2 heterocycles. The monoisotopic (exact) mass is 343 g/mol. The van der Waals surface area contributed by atoms with Crippen LogP contribution in [0.25, 0.3) is 34.0 Å². The molecule has 0 unspecified atom stereocenters. The maximum atomic E-state index is 13.9. The summed E-state index contributed by atoms with van der Waals surface area (Å²) in [4.78, 5) is 4.53. The normalized spacial score (nSPS) is 11.7. The molecular weight excluding hydrogens is 329 g/mol. The minimum Gasteiger partial charge on any atom is -0.457 e. The molecule has 0 bridgehead atoms. The zero-order chi connectivity index (χ0) is 18.1. The van der Waals surface area contributed by atoms with E-state index in [1.54, 1.807) is 36.4 Å². The number of aromatic nitrogens is 2. The van der Waals surface area contributed by atoms with E-state index in [0.717, 1.165) is 11.0 Å². The molecule has 5 heteroatoms. The van der Waals surface area contributed by atoms with Gasteiger partial charge in [0, 0.05) is 13.1 Å². The van der Waals surface area contributed by atoms with E-state index in [9.17, 15) is 9.65 Å². The second kappa shape index (κ2) is 6.34. The fraction of sp³-hybridized carbons (Fsp3) is 0.0476. The number of hydrogen-bond donors (Lipinski definition) is 0. The zero-order valence-corrected chi connectivity index (χ0v) is 14.0. The number of para-hydroxylation sites is 2. The third-order valence-corrected chi connectivity index (χ3v) is 4.20. The van der Waals surface area contributed by atoms with Crippen molar-refractivity contribution >= 4 is 22.7 Å². The van der Waals surface area contributed by atoms with E-state index in [2.05, 4.69) is 11.1 Å². The molecule has 0 radical (unpaired) electrons. The molecule has 2 aromatic heterocycles. The van der Waals surface area contributed by atoms with Crippen LogP contribution in [0.5, 0.6) is 0 Å². The lowest BCUT2D eigenvalue weighted by molar-refractivity contribution is 0.561. The van der Waals surface area contributed by atoms with Gasteiger partial charge < -0.3 is 8.98 Å². The van der Waals surface area contributed by atoms with Gasteiger partial charge in [-0.25, -0.2) is 9.37 Å². The van der Waals surface area contributed by atoms with Gasteiger partial charge in [-0.1, -0.05) is 24.3 Å². The number of nitriles is 1. The van der Waals surface area contributed by atoms with Crippen LogP contribution in [0.1, 0.15) is 11.6 Å². The lowest BCUT2D eigenvalue weighted by Crippen LogP contribution is -1.95.